The average molecular weight is 499 g/mol. The van der Waals surface area contributed by atoms with E-state index >= 15 is 0 Å². The highest BCUT2D eigenvalue weighted by molar-refractivity contribution is 14.0. The minimum Gasteiger partial charge on any atom is -0.493 e. The van der Waals surface area contributed by atoms with E-state index in [1.54, 1.807) is 21.3 Å². The number of guanidine groups is 1. The number of nitrogens with one attached hydrogen (secondary N) is 1. The summed E-state index contributed by atoms with van der Waals surface area (Å²) in [4.78, 5) is 6.43. The molecule has 2 aromatic carbocycles. The maximum Gasteiger partial charge on any atom is 0.193 e. The van der Waals surface area contributed by atoms with Crippen molar-refractivity contribution in [3.8, 4) is 17.2 Å². The van der Waals surface area contributed by atoms with Crippen molar-refractivity contribution in [1.82, 2.24) is 10.2 Å². The zero-order valence-corrected chi connectivity index (χ0v) is 19.3. The Bertz CT molecular complexity index is 726. The Labute approximate surface area is 184 Å². The molecule has 0 radical (unpaired) electrons. The molecule has 0 aliphatic rings. The third-order valence-electron chi connectivity index (χ3n) is 4.15. The van der Waals surface area contributed by atoms with Crippen molar-refractivity contribution in [1.29, 1.82) is 0 Å². The highest BCUT2D eigenvalue weighted by Crippen LogP contribution is 2.27. The zero-order chi connectivity index (χ0) is 19.5. The van der Waals surface area contributed by atoms with E-state index < -0.39 is 0 Å². The first-order valence-corrected chi connectivity index (χ1v) is 8.98. The maximum absolute atomic E-state index is 5.70. The van der Waals surface area contributed by atoms with E-state index in [4.69, 9.17) is 14.2 Å². The largest absolute Gasteiger partial charge is 0.493 e. The summed E-state index contributed by atoms with van der Waals surface area (Å²) >= 11 is 0. The molecule has 0 aliphatic heterocycles. The highest BCUT2D eigenvalue weighted by atomic mass is 127. The molecule has 0 bridgehead atoms. The molecule has 6 nitrogen and oxygen atoms in total. The summed E-state index contributed by atoms with van der Waals surface area (Å²) in [7, 11) is 7.10. The van der Waals surface area contributed by atoms with Crippen LogP contribution in [0.3, 0.4) is 0 Å². The summed E-state index contributed by atoms with van der Waals surface area (Å²) in [5, 5.41) is 3.32. The number of benzene rings is 2. The van der Waals surface area contributed by atoms with Crippen molar-refractivity contribution in [3.63, 3.8) is 0 Å². The summed E-state index contributed by atoms with van der Waals surface area (Å²) in [5.41, 5.74) is 1.18. The van der Waals surface area contributed by atoms with Crippen LogP contribution in [-0.4, -0.2) is 58.9 Å². The van der Waals surface area contributed by atoms with E-state index in [0.717, 1.165) is 36.2 Å². The van der Waals surface area contributed by atoms with Crippen molar-refractivity contribution < 1.29 is 14.2 Å². The number of para-hydroxylation sites is 1. The quantitative estimate of drug-likeness (QED) is 0.248. The topological polar surface area (TPSA) is 55.3 Å². The van der Waals surface area contributed by atoms with Crippen LogP contribution in [0.2, 0.25) is 0 Å². The third kappa shape index (κ3) is 7.46. The minimum atomic E-state index is 0. The Morgan fingerprint density at radius 1 is 1.04 bits per heavy atom. The molecule has 0 atom stereocenters. The van der Waals surface area contributed by atoms with Gasteiger partial charge < -0.3 is 24.4 Å². The van der Waals surface area contributed by atoms with Crippen LogP contribution in [0.4, 0.5) is 0 Å². The van der Waals surface area contributed by atoms with Crippen LogP contribution in [-0.2, 0) is 6.42 Å². The summed E-state index contributed by atoms with van der Waals surface area (Å²) in [5.74, 6) is 3.20. The van der Waals surface area contributed by atoms with E-state index in [0.29, 0.717) is 13.2 Å². The van der Waals surface area contributed by atoms with Gasteiger partial charge in [0, 0.05) is 20.6 Å². The second-order valence-electron chi connectivity index (χ2n) is 6.00. The third-order valence-corrected chi connectivity index (χ3v) is 4.15. The van der Waals surface area contributed by atoms with Gasteiger partial charge in [-0.2, -0.15) is 0 Å². The van der Waals surface area contributed by atoms with Gasteiger partial charge >= 0.3 is 0 Å². The first kappa shape index (κ1) is 23.9. The van der Waals surface area contributed by atoms with Crippen molar-refractivity contribution in [2.45, 2.75) is 6.42 Å². The molecular formula is C21H30IN3O3. The molecule has 154 valence electrons. The number of ether oxygens (including phenoxy) is 3. The molecule has 28 heavy (non-hydrogen) atoms. The van der Waals surface area contributed by atoms with Crippen LogP contribution >= 0.6 is 24.0 Å². The smallest absolute Gasteiger partial charge is 0.193 e. The predicted molar refractivity (Wildman–Crippen MR) is 125 cm³/mol. The molecule has 0 heterocycles. The van der Waals surface area contributed by atoms with Gasteiger partial charge in [-0.3, -0.25) is 4.99 Å². The molecule has 0 saturated carbocycles. The molecule has 0 aromatic heterocycles. The SMILES string of the molecule is CN=C(NCCOc1ccccc1)N(C)CCc1ccc(OC)c(OC)c1.I. The number of nitrogens with zero attached hydrogens (tertiary/aromatic N) is 2. The number of aliphatic imine (C=N–C) groups is 1. The van der Waals surface area contributed by atoms with Gasteiger partial charge in [0.15, 0.2) is 17.5 Å². The van der Waals surface area contributed by atoms with Gasteiger partial charge in [-0.15, -0.1) is 24.0 Å². The first-order chi connectivity index (χ1) is 13.2. The van der Waals surface area contributed by atoms with Gasteiger partial charge in [0.05, 0.1) is 20.8 Å². The van der Waals surface area contributed by atoms with Crippen LogP contribution in [0.15, 0.2) is 53.5 Å². The Morgan fingerprint density at radius 3 is 2.39 bits per heavy atom. The minimum absolute atomic E-state index is 0. The van der Waals surface area contributed by atoms with Crippen molar-refractivity contribution in [2.75, 3.05) is 48.0 Å². The van der Waals surface area contributed by atoms with E-state index in [1.807, 2.05) is 49.5 Å². The van der Waals surface area contributed by atoms with Crippen molar-refractivity contribution >= 4 is 29.9 Å². The van der Waals surface area contributed by atoms with E-state index in [-0.39, 0.29) is 24.0 Å². The summed E-state index contributed by atoms with van der Waals surface area (Å²) in [6.07, 6.45) is 0.873. The van der Waals surface area contributed by atoms with Gasteiger partial charge in [0.2, 0.25) is 0 Å². The molecule has 7 heteroatoms. The normalized spacial score (nSPS) is 10.6. The number of methoxy groups -OCH3 is 2. The van der Waals surface area contributed by atoms with Crippen LogP contribution in [0.25, 0.3) is 0 Å². The second kappa shape index (κ2) is 13.1. The number of hydrogen-bond donors (Lipinski definition) is 1. The number of rotatable bonds is 9. The Kier molecular flexibility index (Phi) is 11.2. The fraction of sp³-hybridized carbons (Fsp3) is 0.381. The lowest BCUT2D eigenvalue weighted by Gasteiger charge is -2.22. The Balaban J connectivity index is 0.00000392. The van der Waals surface area contributed by atoms with Gasteiger partial charge in [0.25, 0.3) is 0 Å². The molecular weight excluding hydrogens is 469 g/mol. The summed E-state index contributed by atoms with van der Waals surface area (Å²) in [6.45, 7) is 2.09. The Morgan fingerprint density at radius 2 is 1.75 bits per heavy atom. The molecule has 0 fully saturated rings. The zero-order valence-electron chi connectivity index (χ0n) is 17.0. The first-order valence-electron chi connectivity index (χ1n) is 8.98. The van der Waals surface area contributed by atoms with Crippen LogP contribution in [0.5, 0.6) is 17.2 Å². The molecule has 2 rings (SSSR count). The van der Waals surface area contributed by atoms with Gasteiger partial charge in [0.1, 0.15) is 12.4 Å². The van der Waals surface area contributed by atoms with Crippen LogP contribution in [0, 0.1) is 0 Å². The Hall–Kier alpha value is -2.16. The van der Waals surface area contributed by atoms with Crippen molar-refractivity contribution in [2.24, 2.45) is 4.99 Å². The molecule has 0 unspecified atom stereocenters. The summed E-state index contributed by atoms with van der Waals surface area (Å²) < 4.78 is 16.3. The maximum atomic E-state index is 5.70. The monoisotopic (exact) mass is 499 g/mol. The fourth-order valence-corrected chi connectivity index (χ4v) is 2.67. The van der Waals surface area contributed by atoms with Crippen molar-refractivity contribution in [3.05, 3.63) is 54.1 Å². The number of hydrogen-bond acceptors (Lipinski definition) is 4. The molecule has 0 amide bonds. The standard InChI is InChI=1S/C21H29N3O3.HI/c1-22-21(23-13-15-27-18-8-6-5-7-9-18)24(2)14-12-17-10-11-19(25-3)20(16-17)26-4;/h5-11,16H,12-15H2,1-4H3,(H,22,23);1H. The number of halogens is 1. The predicted octanol–water partition coefficient (Wildman–Crippen LogP) is 3.45. The van der Waals surface area contributed by atoms with E-state index in [2.05, 4.69) is 21.3 Å². The highest BCUT2D eigenvalue weighted by Gasteiger charge is 2.08. The van der Waals surface area contributed by atoms with E-state index in [1.165, 1.54) is 5.56 Å². The molecule has 1 N–H and O–H groups in total. The lowest BCUT2D eigenvalue weighted by Crippen LogP contribution is -2.41. The lowest BCUT2D eigenvalue weighted by atomic mass is 10.1. The van der Waals surface area contributed by atoms with E-state index in [9.17, 15) is 0 Å². The lowest BCUT2D eigenvalue weighted by molar-refractivity contribution is 0.319. The van der Waals surface area contributed by atoms with Crippen LogP contribution in [0.1, 0.15) is 5.56 Å². The molecule has 2 aromatic rings. The molecule has 0 saturated heterocycles. The summed E-state index contributed by atoms with van der Waals surface area (Å²) in [6, 6.07) is 15.8. The molecule has 0 aliphatic carbocycles. The van der Waals surface area contributed by atoms with Gasteiger partial charge in [-0.05, 0) is 36.2 Å². The van der Waals surface area contributed by atoms with Gasteiger partial charge in [-0.25, -0.2) is 0 Å². The van der Waals surface area contributed by atoms with Gasteiger partial charge in [-0.1, -0.05) is 24.3 Å². The number of likely N-dealkylation sites (N-methyl/N-ethyl adjacent to an activating group) is 1. The fourth-order valence-electron chi connectivity index (χ4n) is 2.67. The average Bonchev–Trinajstić information content (AvgIpc) is 2.72. The second-order valence-corrected chi connectivity index (χ2v) is 6.00. The van der Waals surface area contributed by atoms with Crippen LogP contribution < -0.4 is 19.5 Å². The molecule has 0 spiro atoms.